The van der Waals surface area contributed by atoms with Gasteiger partial charge in [-0.25, -0.2) is 5.43 Å². The van der Waals surface area contributed by atoms with Crippen LogP contribution in [-0.4, -0.2) is 23.2 Å². The molecule has 1 aliphatic rings. The molecule has 0 spiro atoms. The third-order valence-electron chi connectivity index (χ3n) is 4.05. The number of aliphatic hydroxyl groups is 1. The Kier molecular flexibility index (Phi) is 5.13. The van der Waals surface area contributed by atoms with E-state index in [-0.39, 0.29) is 12.6 Å². The van der Waals surface area contributed by atoms with Gasteiger partial charge in [-0.2, -0.15) is 0 Å². The molecule has 22 heavy (non-hydrogen) atoms. The summed E-state index contributed by atoms with van der Waals surface area (Å²) >= 11 is 0. The number of nitrogens with zero attached hydrogens (tertiary/aromatic N) is 1. The van der Waals surface area contributed by atoms with E-state index in [0.717, 1.165) is 25.2 Å². The largest absolute Gasteiger partial charge is 0.392 e. The van der Waals surface area contributed by atoms with Crippen molar-refractivity contribution >= 4 is 0 Å². The zero-order valence-corrected chi connectivity index (χ0v) is 12.5. The number of benzene rings is 1. The highest BCUT2D eigenvalue weighted by molar-refractivity contribution is 5.23. The summed E-state index contributed by atoms with van der Waals surface area (Å²) in [5.74, 6) is 0.477. The van der Waals surface area contributed by atoms with Crippen LogP contribution in [0.2, 0.25) is 0 Å². The standard InChI is InChI=1S/C17H22N4O/c22-12-14-4-1-3-13(7-14)8-19-10-16-11-20-21-17(16)15-5-2-6-18-9-15/h1-7,9,16-17,19-22H,8,10-12H2. The van der Waals surface area contributed by atoms with Gasteiger partial charge in [0.15, 0.2) is 0 Å². The minimum atomic E-state index is 0.0907. The first-order valence-corrected chi connectivity index (χ1v) is 7.64. The van der Waals surface area contributed by atoms with Crippen LogP contribution in [0.5, 0.6) is 0 Å². The van der Waals surface area contributed by atoms with Crippen LogP contribution in [0.3, 0.4) is 0 Å². The van der Waals surface area contributed by atoms with Gasteiger partial charge in [0.2, 0.25) is 0 Å². The Morgan fingerprint density at radius 1 is 1.23 bits per heavy atom. The number of hydrogen-bond acceptors (Lipinski definition) is 5. The molecule has 1 aliphatic heterocycles. The Balaban J connectivity index is 1.54. The Hall–Kier alpha value is -1.79. The number of aromatic nitrogens is 1. The first-order chi connectivity index (χ1) is 10.9. The Morgan fingerprint density at radius 3 is 2.95 bits per heavy atom. The summed E-state index contributed by atoms with van der Waals surface area (Å²) in [6.45, 7) is 2.75. The lowest BCUT2D eigenvalue weighted by Gasteiger charge is -2.19. The number of aliphatic hydroxyl groups excluding tert-OH is 1. The van der Waals surface area contributed by atoms with Gasteiger partial charge in [0.25, 0.3) is 0 Å². The lowest BCUT2D eigenvalue weighted by molar-refractivity contribution is 0.281. The number of hydrazine groups is 1. The molecule has 1 fully saturated rings. The van der Waals surface area contributed by atoms with Gasteiger partial charge in [0, 0.05) is 37.9 Å². The van der Waals surface area contributed by atoms with E-state index in [4.69, 9.17) is 0 Å². The van der Waals surface area contributed by atoms with Crippen molar-refractivity contribution in [3.63, 3.8) is 0 Å². The highest BCUT2D eigenvalue weighted by Crippen LogP contribution is 2.23. The summed E-state index contributed by atoms with van der Waals surface area (Å²) < 4.78 is 0. The van der Waals surface area contributed by atoms with Gasteiger partial charge in [-0.1, -0.05) is 30.3 Å². The molecule has 2 unspecified atom stereocenters. The maximum absolute atomic E-state index is 9.18. The fourth-order valence-corrected chi connectivity index (χ4v) is 2.88. The summed E-state index contributed by atoms with van der Waals surface area (Å²) in [6, 6.07) is 12.4. The maximum atomic E-state index is 9.18. The van der Waals surface area contributed by atoms with Gasteiger partial charge < -0.3 is 10.4 Å². The average molecular weight is 298 g/mol. The van der Waals surface area contributed by atoms with Crippen molar-refractivity contribution in [1.29, 1.82) is 0 Å². The molecule has 5 nitrogen and oxygen atoms in total. The van der Waals surface area contributed by atoms with E-state index in [0.29, 0.717) is 5.92 Å². The maximum Gasteiger partial charge on any atom is 0.0681 e. The summed E-state index contributed by atoms with van der Waals surface area (Å²) in [7, 11) is 0. The van der Waals surface area contributed by atoms with Crippen LogP contribution in [0.4, 0.5) is 0 Å². The molecule has 0 aliphatic carbocycles. The second kappa shape index (κ2) is 7.47. The van der Waals surface area contributed by atoms with Gasteiger partial charge in [-0.05, 0) is 22.8 Å². The van der Waals surface area contributed by atoms with E-state index in [1.165, 1.54) is 11.1 Å². The molecule has 1 aromatic carbocycles. The molecule has 116 valence electrons. The molecular formula is C17H22N4O. The van der Waals surface area contributed by atoms with Crippen molar-refractivity contribution < 1.29 is 5.11 Å². The van der Waals surface area contributed by atoms with Gasteiger partial charge in [-0.15, -0.1) is 0 Å². The summed E-state index contributed by atoms with van der Waals surface area (Å²) in [5.41, 5.74) is 9.93. The Morgan fingerprint density at radius 2 is 2.14 bits per heavy atom. The van der Waals surface area contributed by atoms with Crippen molar-refractivity contribution in [2.45, 2.75) is 19.2 Å². The van der Waals surface area contributed by atoms with Crippen LogP contribution >= 0.6 is 0 Å². The predicted octanol–water partition coefficient (Wildman–Crippen LogP) is 1.13. The minimum Gasteiger partial charge on any atom is -0.392 e. The van der Waals surface area contributed by atoms with Gasteiger partial charge in [-0.3, -0.25) is 10.4 Å². The summed E-state index contributed by atoms with van der Waals surface area (Å²) in [5, 5.41) is 12.7. The van der Waals surface area contributed by atoms with Crippen LogP contribution in [0.25, 0.3) is 0 Å². The third-order valence-corrected chi connectivity index (χ3v) is 4.05. The van der Waals surface area contributed by atoms with E-state index in [1.54, 1.807) is 6.20 Å². The molecular weight excluding hydrogens is 276 g/mol. The van der Waals surface area contributed by atoms with E-state index >= 15 is 0 Å². The molecule has 2 atom stereocenters. The second-order valence-electron chi connectivity index (χ2n) is 5.66. The number of hydrogen-bond donors (Lipinski definition) is 4. The molecule has 4 N–H and O–H groups in total. The zero-order chi connectivity index (χ0) is 15.2. The molecule has 2 heterocycles. The second-order valence-corrected chi connectivity index (χ2v) is 5.66. The molecule has 0 amide bonds. The average Bonchev–Trinajstić information content (AvgIpc) is 3.04. The fourth-order valence-electron chi connectivity index (χ4n) is 2.88. The van der Waals surface area contributed by atoms with Gasteiger partial charge >= 0.3 is 0 Å². The smallest absolute Gasteiger partial charge is 0.0681 e. The zero-order valence-electron chi connectivity index (χ0n) is 12.5. The highest BCUT2D eigenvalue weighted by Gasteiger charge is 2.27. The normalized spacial score (nSPS) is 21.1. The highest BCUT2D eigenvalue weighted by atomic mass is 16.3. The molecule has 3 rings (SSSR count). The SMILES string of the molecule is OCc1cccc(CNCC2CNNC2c2cccnc2)c1. The third kappa shape index (κ3) is 3.69. The van der Waals surface area contributed by atoms with Crippen LogP contribution in [-0.2, 0) is 13.2 Å². The minimum absolute atomic E-state index is 0.0907. The van der Waals surface area contributed by atoms with Crippen LogP contribution in [0.15, 0.2) is 48.8 Å². The molecule has 0 saturated carbocycles. The van der Waals surface area contributed by atoms with E-state index in [9.17, 15) is 5.11 Å². The number of nitrogens with one attached hydrogen (secondary N) is 3. The van der Waals surface area contributed by atoms with Crippen molar-refractivity contribution in [3.8, 4) is 0 Å². The van der Waals surface area contributed by atoms with Crippen LogP contribution < -0.4 is 16.2 Å². The number of pyridine rings is 1. The molecule has 0 radical (unpaired) electrons. The predicted molar refractivity (Wildman–Crippen MR) is 85.7 cm³/mol. The fraction of sp³-hybridized carbons (Fsp3) is 0.353. The Labute approximate surface area is 130 Å². The number of rotatable bonds is 6. The molecule has 0 bridgehead atoms. The summed E-state index contributed by atoms with van der Waals surface area (Å²) in [4.78, 5) is 4.20. The van der Waals surface area contributed by atoms with E-state index < -0.39 is 0 Å². The molecule has 1 aromatic heterocycles. The van der Waals surface area contributed by atoms with Crippen molar-refractivity contribution in [1.82, 2.24) is 21.2 Å². The Bertz CT molecular complexity index is 590. The molecule has 2 aromatic rings. The van der Waals surface area contributed by atoms with Gasteiger partial charge in [0.05, 0.1) is 12.6 Å². The van der Waals surface area contributed by atoms with Crippen molar-refractivity contribution in [3.05, 3.63) is 65.5 Å². The first-order valence-electron chi connectivity index (χ1n) is 7.64. The summed E-state index contributed by atoms with van der Waals surface area (Å²) in [6.07, 6.45) is 3.72. The lowest BCUT2D eigenvalue weighted by atomic mass is 9.96. The van der Waals surface area contributed by atoms with E-state index in [2.05, 4.69) is 33.3 Å². The first kappa shape index (κ1) is 15.1. The molecule has 5 heteroatoms. The van der Waals surface area contributed by atoms with Crippen LogP contribution in [0, 0.1) is 5.92 Å². The quantitative estimate of drug-likeness (QED) is 0.644. The topological polar surface area (TPSA) is 69.2 Å². The van der Waals surface area contributed by atoms with E-state index in [1.807, 2.05) is 30.5 Å². The monoisotopic (exact) mass is 298 g/mol. The lowest BCUT2D eigenvalue weighted by Crippen LogP contribution is -2.28. The van der Waals surface area contributed by atoms with Crippen molar-refractivity contribution in [2.24, 2.45) is 5.92 Å². The van der Waals surface area contributed by atoms with Crippen molar-refractivity contribution in [2.75, 3.05) is 13.1 Å². The van der Waals surface area contributed by atoms with Crippen LogP contribution in [0.1, 0.15) is 22.7 Å². The van der Waals surface area contributed by atoms with Gasteiger partial charge in [0.1, 0.15) is 0 Å². The molecule has 1 saturated heterocycles.